The maximum atomic E-state index is 12.0. The lowest BCUT2D eigenvalue weighted by Crippen LogP contribution is -2.35. The van der Waals surface area contributed by atoms with Crippen molar-refractivity contribution in [3.8, 4) is 0 Å². The zero-order valence-electron chi connectivity index (χ0n) is 12.1. The van der Waals surface area contributed by atoms with Gasteiger partial charge in [0.05, 0.1) is 10.9 Å². The number of carbonyl (C=O) groups excluding carboxylic acids is 2. The lowest BCUT2D eigenvalue weighted by Gasteiger charge is -2.23. The summed E-state index contributed by atoms with van der Waals surface area (Å²) in [4.78, 5) is 24.8. The molecule has 0 fully saturated rings. The number of rotatable bonds is 7. The Kier molecular flexibility index (Phi) is 6.07. The SMILES string of the molecule is CCOCCCNC(=O)C[C@H]1Sc2ccccc2NC1=O. The Labute approximate surface area is 128 Å². The fourth-order valence-electron chi connectivity index (χ4n) is 2.01. The van der Waals surface area contributed by atoms with E-state index in [0.29, 0.717) is 19.8 Å². The smallest absolute Gasteiger partial charge is 0.238 e. The molecular weight excluding hydrogens is 288 g/mol. The van der Waals surface area contributed by atoms with Gasteiger partial charge in [-0.25, -0.2) is 0 Å². The summed E-state index contributed by atoms with van der Waals surface area (Å²) in [6.07, 6.45) is 0.978. The highest BCUT2D eigenvalue weighted by Gasteiger charge is 2.28. The van der Waals surface area contributed by atoms with Crippen molar-refractivity contribution in [2.75, 3.05) is 25.1 Å². The van der Waals surface area contributed by atoms with E-state index in [1.165, 1.54) is 11.8 Å². The van der Waals surface area contributed by atoms with Gasteiger partial charge in [0, 0.05) is 31.1 Å². The van der Waals surface area contributed by atoms with Gasteiger partial charge in [0.1, 0.15) is 0 Å². The topological polar surface area (TPSA) is 67.4 Å². The number of benzene rings is 1. The first kappa shape index (κ1) is 15.9. The Balaban J connectivity index is 1.78. The van der Waals surface area contributed by atoms with E-state index in [0.717, 1.165) is 17.0 Å². The highest BCUT2D eigenvalue weighted by molar-refractivity contribution is 8.01. The summed E-state index contributed by atoms with van der Waals surface area (Å²) in [6, 6.07) is 7.62. The molecule has 0 spiro atoms. The van der Waals surface area contributed by atoms with Gasteiger partial charge in [0.2, 0.25) is 11.8 Å². The molecule has 6 heteroatoms. The van der Waals surface area contributed by atoms with Gasteiger partial charge in [0.25, 0.3) is 0 Å². The van der Waals surface area contributed by atoms with Crippen molar-refractivity contribution < 1.29 is 14.3 Å². The van der Waals surface area contributed by atoms with Crippen LogP contribution in [0, 0.1) is 0 Å². The molecule has 0 unspecified atom stereocenters. The molecule has 0 aliphatic carbocycles. The van der Waals surface area contributed by atoms with Gasteiger partial charge in [-0.2, -0.15) is 0 Å². The molecule has 2 N–H and O–H groups in total. The predicted molar refractivity (Wildman–Crippen MR) is 83.5 cm³/mol. The zero-order valence-corrected chi connectivity index (χ0v) is 12.9. The monoisotopic (exact) mass is 308 g/mol. The quantitative estimate of drug-likeness (QED) is 0.756. The van der Waals surface area contributed by atoms with Crippen molar-refractivity contribution in [2.24, 2.45) is 0 Å². The maximum Gasteiger partial charge on any atom is 0.238 e. The van der Waals surface area contributed by atoms with E-state index in [1.54, 1.807) is 0 Å². The molecule has 114 valence electrons. The fourth-order valence-corrected chi connectivity index (χ4v) is 3.12. The lowest BCUT2D eigenvalue weighted by molar-refractivity contribution is -0.124. The van der Waals surface area contributed by atoms with Gasteiger partial charge in [0.15, 0.2) is 0 Å². The third-order valence-electron chi connectivity index (χ3n) is 3.07. The number of ether oxygens (including phenoxy) is 1. The van der Waals surface area contributed by atoms with Gasteiger partial charge < -0.3 is 15.4 Å². The second kappa shape index (κ2) is 8.05. The minimum atomic E-state index is -0.369. The number of hydrogen-bond acceptors (Lipinski definition) is 4. The second-order valence-electron chi connectivity index (χ2n) is 4.70. The van der Waals surface area contributed by atoms with Crippen molar-refractivity contribution >= 4 is 29.3 Å². The summed E-state index contributed by atoms with van der Waals surface area (Å²) in [5, 5.41) is 5.29. The number of para-hydroxylation sites is 1. The van der Waals surface area contributed by atoms with Crippen LogP contribution in [-0.2, 0) is 14.3 Å². The predicted octanol–water partition coefficient (Wildman–Crippen LogP) is 2.03. The zero-order chi connectivity index (χ0) is 15.1. The van der Waals surface area contributed by atoms with Gasteiger partial charge in [-0.05, 0) is 25.5 Å². The Morgan fingerprint density at radius 3 is 3.05 bits per heavy atom. The van der Waals surface area contributed by atoms with Crippen molar-refractivity contribution in [1.82, 2.24) is 5.32 Å². The van der Waals surface area contributed by atoms with Crippen LogP contribution in [0.1, 0.15) is 19.8 Å². The number of nitrogens with one attached hydrogen (secondary N) is 2. The fraction of sp³-hybridized carbons (Fsp3) is 0.467. The molecule has 2 amide bonds. The standard InChI is InChI=1S/C15H20N2O3S/c1-2-20-9-5-8-16-14(18)10-13-15(19)17-11-6-3-4-7-12(11)21-13/h3-4,6-7,13H,2,5,8-10H2,1H3,(H,16,18)(H,17,19)/t13-/m1/s1. The number of hydrogen-bond donors (Lipinski definition) is 2. The molecule has 0 bridgehead atoms. The molecule has 1 aromatic carbocycles. The molecule has 5 nitrogen and oxygen atoms in total. The molecule has 1 aliphatic rings. The molecule has 0 saturated carbocycles. The van der Waals surface area contributed by atoms with E-state index in [1.807, 2.05) is 31.2 Å². The summed E-state index contributed by atoms with van der Waals surface area (Å²) in [5.74, 6) is -0.207. The summed E-state index contributed by atoms with van der Waals surface area (Å²) in [6.45, 7) is 3.85. The molecule has 2 rings (SSSR count). The Morgan fingerprint density at radius 1 is 1.43 bits per heavy atom. The van der Waals surface area contributed by atoms with Crippen LogP contribution in [0.2, 0.25) is 0 Å². The molecule has 0 aromatic heterocycles. The van der Waals surface area contributed by atoms with E-state index >= 15 is 0 Å². The summed E-state index contributed by atoms with van der Waals surface area (Å²) in [7, 11) is 0. The van der Waals surface area contributed by atoms with Gasteiger partial charge in [-0.1, -0.05) is 12.1 Å². The minimum Gasteiger partial charge on any atom is -0.382 e. The third kappa shape index (κ3) is 4.75. The molecule has 0 saturated heterocycles. The highest BCUT2D eigenvalue weighted by atomic mass is 32.2. The molecule has 21 heavy (non-hydrogen) atoms. The van der Waals surface area contributed by atoms with Gasteiger partial charge in [-0.15, -0.1) is 11.8 Å². The van der Waals surface area contributed by atoms with E-state index in [9.17, 15) is 9.59 Å². The Bertz CT molecular complexity index is 507. The minimum absolute atomic E-state index is 0.0986. The number of carbonyl (C=O) groups is 2. The largest absolute Gasteiger partial charge is 0.382 e. The molecule has 1 aliphatic heterocycles. The lowest BCUT2D eigenvalue weighted by atomic mass is 10.2. The number of amides is 2. The summed E-state index contributed by atoms with van der Waals surface area (Å²) in [5.41, 5.74) is 0.820. The molecule has 1 heterocycles. The molecule has 1 atom stereocenters. The second-order valence-corrected chi connectivity index (χ2v) is 5.94. The average Bonchev–Trinajstić information content (AvgIpc) is 2.48. The van der Waals surface area contributed by atoms with Crippen molar-refractivity contribution in [3.05, 3.63) is 24.3 Å². The molecule has 1 aromatic rings. The van der Waals surface area contributed by atoms with Crippen LogP contribution in [0.15, 0.2) is 29.2 Å². The van der Waals surface area contributed by atoms with Crippen LogP contribution in [0.25, 0.3) is 0 Å². The van der Waals surface area contributed by atoms with Crippen molar-refractivity contribution in [1.29, 1.82) is 0 Å². The molecule has 0 radical (unpaired) electrons. The van der Waals surface area contributed by atoms with Crippen LogP contribution in [0.5, 0.6) is 0 Å². The first-order valence-corrected chi connectivity index (χ1v) is 7.99. The number of thioether (sulfide) groups is 1. The van der Waals surface area contributed by atoms with Crippen LogP contribution < -0.4 is 10.6 Å². The third-order valence-corrected chi connectivity index (χ3v) is 4.34. The van der Waals surface area contributed by atoms with E-state index in [4.69, 9.17) is 4.74 Å². The van der Waals surface area contributed by atoms with Crippen LogP contribution in [-0.4, -0.2) is 36.8 Å². The van der Waals surface area contributed by atoms with E-state index in [-0.39, 0.29) is 23.5 Å². The summed E-state index contributed by atoms with van der Waals surface area (Å²) >= 11 is 1.44. The Hall–Kier alpha value is -1.53. The maximum absolute atomic E-state index is 12.0. The van der Waals surface area contributed by atoms with Gasteiger partial charge >= 0.3 is 0 Å². The van der Waals surface area contributed by atoms with E-state index in [2.05, 4.69) is 10.6 Å². The summed E-state index contributed by atoms with van der Waals surface area (Å²) < 4.78 is 5.20. The molecular formula is C15H20N2O3S. The van der Waals surface area contributed by atoms with Crippen LogP contribution in [0.3, 0.4) is 0 Å². The van der Waals surface area contributed by atoms with Crippen LogP contribution in [0.4, 0.5) is 5.69 Å². The highest BCUT2D eigenvalue weighted by Crippen LogP contribution is 2.36. The number of fused-ring (bicyclic) bond motifs is 1. The first-order chi connectivity index (χ1) is 10.2. The van der Waals surface area contributed by atoms with Crippen molar-refractivity contribution in [3.63, 3.8) is 0 Å². The van der Waals surface area contributed by atoms with Crippen LogP contribution >= 0.6 is 11.8 Å². The van der Waals surface area contributed by atoms with Gasteiger partial charge in [-0.3, -0.25) is 9.59 Å². The van der Waals surface area contributed by atoms with E-state index < -0.39 is 0 Å². The Morgan fingerprint density at radius 2 is 2.24 bits per heavy atom. The first-order valence-electron chi connectivity index (χ1n) is 7.11. The number of anilines is 1. The van der Waals surface area contributed by atoms with Crippen molar-refractivity contribution in [2.45, 2.75) is 29.9 Å². The average molecular weight is 308 g/mol. The normalized spacial score (nSPS) is 17.0.